The number of anilines is 1. The van der Waals surface area contributed by atoms with Crippen molar-refractivity contribution >= 4 is 5.69 Å². The number of benzene rings is 1. The smallest absolute Gasteiger partial charge is 0.101 e. The predicted molar refractivity (Wildman–Crippen MR) is 71.8 cm³/mol. The molecule has 1 unspecified atom stereocenters. The van der Waals surface area contributed by atoms with Crippen molar-refractivity contribution in [2.24, 2.45) is 11.7 Å². The third-order valence-electron chi connectivity index (χ3n) is 3.11. The summed E-state index contributed by atoms with van der Waals surface area (Å²) in [5, 5.41) is 9.16. The minimum absolute atomic E-state index is 0.476. The number of nitrogens with zero attached hydrogens (tertiary/aromatic N) is 2. The second kappa shape index (κ2) is 6.27. The molecule has 2 N–H and O–H groups in total. The molecule has 3 heteroatoms. The zero-order valence-corrected chi connectivity index (χ0v) is 10.9. The third kappa shape index (κ3) is 3.47. The van der Waals surface area contributed by atoms with E-state index in [2.05, 4.69) is 24.8 Å². The Hall–Kier alpha value is -1.53. The van der Waals surface area contributed by atoms with Crippen LogP contribution >= 0.6 is 0 Å². The lowest BCUT2D eigenvalue weighted by atomic mass is 10.1. The third-order valence-corrected chi connectivity index (χ3v) is 3.11. The molecule has 3 nitrogen and oxygen atoms in total. The van der Waals surface area contributed by atoms with E-state index in [4.69, 9.17) is 11.0 Å². The number of hydrogen-bond acceptors (Lipinski definition) is 3. The van der Waals surface area contributed by atoms with E-state index in [0.29, 0.717) is 18.0 Å². The Morgan fingerprint density at radius 3 is 2.71 bits per heavy atom. The molecule has 0 aliphatic carbocycles. The summed E-state index contributed by atoms with van der Waals surface area (Å²) < 4.78 is 0. The summed E-state index contributed by atoms with van der Waals surface area (Å²) >= 11 is 0. The zero-order valence-electron chi connectivity index (χ0n) is 10.9. The Morgan fingerprint density at radius 2 is 2.18 bits per heavy atom. The Labute approximate surface area is 104 Å². The summed E-state index contributed by atoms with van der Waals surface area (Å²) in [4.78, 5) is 2.15. The second-order valence-corrected chi connectivity index (χ2v) is 4.56. The van der Waals surface area contributed by atoms with Gasteiger partial charge in [-0.25, -0.2) is 0 Å². The molecule has 1 atom stereocenters. The first-order valence-corrected chi connectivity index (χ1v) is 6.06. The average Bonchev–Trinajstić information content (AvgIpc) is 2.37. The van der Waals surface area contributed by atoms with E-state index in [9.17, 15) is 0 Å². The first kappa shape index (κ1) is 13.5. The SMILES string of the molecule is CCC(C)CN(C)c1ccc(CN)cc1C#N. The van der Waals surface area contributed by atoms with Crippen LogP contribution in [0.25, 0.3) is 0 Å². The molecule has 1 aromatic rings. The van der Waals surface area contributed by atoms with Crippen LogP contribution < -0.4 is 10.6 Å². The van der Waals surface area contributed by atoms with Crippen molar-refractivity contribution in [2.45, 2.75) is 26.8 Å². The highest BCUT2D eigenvalue weighted by Crippen LogP contribution is 2.21. The van der Waals surface area contributed by atoms with Gasteiger partial charge in [0.15, 0.2) is 0 Å². The van der Waals surface area contributed by atoms with Crippen LogP contribution in [0.4, 0.5) is 5.69 Å². The number of nitrogens with two attached hydrogens (primary N) is 1. The van der Waals surface area contributed by atoms with Gasteiger partial charge in [0, 0.05) is 20.1 Å². The molecular formula is C14H21N3. The van der Waals surface area contributed by atoms with Gasteiger partial charge in [-0.1, -0.05) is 26.3 Å². The molecule has 0 heterocycles. The summed E-state index contributed by atoms with van der Waals surface area (Å²) in [6.45, 7) is 5.84. The first-order valence-electron chi connectivity index (χ1n) is 6.06. The lowest BCUT2D eigenvalue weighted by Crippen LogP contribution is -2.24. The van der Waals surface area contributed by atoms with E-state index in [-0.39, 0.29) is 0 Å². The minimum atomic E-state index is 0.476. The fraction of sp³-hybridized carbons (Fsp3) is 0.500. The van der Waals surface area contributed by atoms with Crippen molar-refractivity contribution in [3.8, 4) is 6.07 Å². The van der Waals surface area contributed by atoms with Crippen LogP contribution in [0.15, 0.2) is 18.2 Å². The van der Waals surface area contributed by atoms with Gasteiger partial charge in [-0.05, 0) is 23.6 Å². The molecule has 17 heavy (non-hydrogen) atoms. The number of nitriles is 1. The molecule has 0 amide bonds. The van der Waals surface area contributed by atoms with E-state index >= 15 is 0 Å². The molecule has 0 bridgehead atoms. The molecular weight excluding hydrogens is 210 g/mol. The summed E-state index contributed by atoms with van der Waals surface area (Å²) in [6.07, 6.45) is 1.15. The topological polar surface area (TPSA) is 53.0 Å². The van der Waals surface area contributed by atoms with Crippen molar-refractivity contribution in [2.75, 3.05) is 18.5 Å². The quantitative estimate of drug-likeness (QED) is 0.847. The van der Waals surface area contributed by atoms with Crippen LogP contribution in [0.5, 0.6) is 0 Å². The van der Waals surface area contributed by atoms with Crippen LogP contribution in [0.2, 0.25) is 0 Å². The van der Waals surface area contributed by atoms with E-state index in [0.717, 1.165) is 24.2 Å². The van der Waals surface area contributed by atoms with Gasteiger partial charge in [0.05, 0.1) is 11.3 Å². The molecule has 0 aromatic heterocycles. The fourth-order valence-corrected chi connectivity index (χ4v) is 1.83. The van der Waals surface area contributed by atoms with Crippen LogP contribution in [-0.2, 0) is 6.54 Å². The highest BCUT2D eigenvalue weighted by Gasteiger charge is 2.10. The van der Waals surface area contributed by atoms with Gasteiger partial charge < -0.3 is 10.6 Å². The number of hydrogen-bond donors (Lipinski definition) is 1. The fourth-order valence-electron chi connectivity index (χ4n) is 1.83. The van der Waals surface area contributed by atoms with Crippen LogP contribution in [-0.4, -0.2) is 13.6 Å². The van der Waals surface area contributed by atoms with Crippen LogP contribution in [0.1, 0.15) is 31.4 Å². The summed E-state index contributed by atoms with van der Waals surface area (Å²) in [5.41, 5.74) is 8.28. The highest BCUT2D eigenvalue weighted by atomic mass is 15.1. The van der Waals surface area contributed by atoms with Gasteiger partial charge in [-0.2, -0.15) is 5.26 Å². The van der Waals surface area contributed by atoms with Gasteiger partial charge in [0.2, 0.25) is 0 Å². The Morgan fingerprint density at radius 1 is 1.47 bits per heavy atom. The molecule has 0 aliphatic rings. The molecule has 0 aliphatic heterocycles. The van der Waals surface area contributed by atoms with Gasteiger partial charge in [0.1, 0.15) is 6.07 Å². The van der Waals surface area contributed by atoms with Crippen molar-refractivity contribution in [3.05, 3.63) is 29.3 Å². The van der Waals surface area contributed by atoms with Crippen LogP contribution in [0.3, 0.4) is 0 Å². The normalized spacial score (nSPS) is 11.9. The van der Waals surface area contributed by atoms with Gasteiger partial charge in [-0.3, -0.25) is 0 Å². The van der Waals surface area contributed by atoms with Crippen molar-refractivity contribution in [1.29, 1.82) is 5.26 Å². The standard InChI is InChI=1S/C14H21N3/c1-4-11(2)10-17(3)14-6-5-12(8-15)7-13(14)9-16/h5-7,11H,4,8,10,15H2,1-3H3. The summed E-state index contributed by atoms with van der Waals surface area (Å²) in [5.74, 6) is 0.626. The molecule has 0 spiro atoms. The lowest BCUT2D eigenvalue weighted by molar-refractivity contribution is 0.560. The largest absolute Gasteiger partial charge is 0.373 e. The van der Waals surface area contributed by atoms with Gasteiger partial charge >= 0.3 is 0 Å². The summed E-state index contributed by atoms with van der Waals surface area (Å²) in [7, 11) is 2.03. The maximum absolute atomic E-state index is 9.16. The number of rotatable bonds is 5. The average molecular weight is 231 g/mol. The van der Waals surface area contributed by atoms with Crippen molar-refractivity contribution in [3.63, 3.8) is 0 Å². The maximum Gasteiger partial charge on any atom is 0.101 e. The summed E-state index contributed by atoms with van der Waals surface area (Å²) in [6, 6.07) is 8.10. The maximum atomic E-state index is 9.16. The highest BCUT2D eigenvalue weighted by molar-refractivity contribution is 5.60. The molecule has 1 rings (SSSR count). The van der Waals surface area contributed by atoms with Crippen molar-refractivity contribution < 1.29 is 0 Å². The zero-order chi connectivity index (χ0) is 12.8. The van der Waals surface area contributed by atoms with E-state index in [1.165, 1.54) is 0 Å². The van der Waals surface area contributed by atoms with E-state index in [1.807, 2.05) is 25.2 Å². The molecule has 0 saturated carbocycles. The Kier molecular flexibility index (Phi) is 4.99. The molecule has 92 valence electrons. The van der Waals surface area contributed by atoms with Gasteiger partial charge in [-0.15, -0.1) is 0 Å². The molecule has 1 aromatic carbocycles. The Balaban J connectivity index is 2.93. The monoisotopic (exact) mass is 231 g/mol. The van der Waals surface area contributed by atoms with E-state index in [1.54, 1.807) is 0 Å². The van der Waals surface area contributed by atoms with E-state index < -0.39 is 0 Å². The van der Waals surface area contributed by atoms with Gasteiger partial charge in [0.25, 0.3) is 0 Å². The molecule has 0 radical (unpaired) electrons. The lowest BCUT2D eigenvalue weighted by Gasteiger charge is -2.24. The van der Waals surface area contributed by atoms with Crippen LogP contribution in [0, 0.1) is 17.2 Å². The first-order chi connectivity index (χ1) is 8.12. The van der Waals surface area contributed by atoms with Crippen molar-refractivity contribution in [1.82, 2.24) is 0 Å². The Bertz CT molecular complexity index is 406. The second-order valence-electron chi connectivity index (χ2n) is 4.56. The predicted octanol–water partition coefficient (Wildman–Crippen LogP) is 2.50. The molecule has 0 saturated heterocycles. The minimum Gasteiger partial charge on any atom is -0.373 e. The molecule has 0 fully saturated rings.